The second-order valence-corrected chi connectivity index (χ2v) is 5.90. The van der Waals surface area contributed by atoms with Crippen molar-refractivity contribution in [3.05, 3.63) is 53.3 Å². The highest BCUT2D eigenvalue weighted by Crippen LogP contribution is 2.25. The van der Waals surface area contributed by atoms with Crippen molar-refractivity contribution in [1.29, 1.82) is 0 Å². The number of benzene rings is 1. The first kappa shape index (κ1) is 15.2. The summed E-state index contributed by atoms with van der Waals surface area (Å²) in [6, 6.07) is 9.41. The van der Waals surface area contributed by atoms with Gasteiger partial charge in [0.15, 0.2) is 0 Å². The maximum atomic E-state index is 9.90. The Labute approximate surface area is 134 Å². The molecule has 5 nitrogen and oxygen atoms in total. The van der Waals surface area contributed by atoms with E-state index in [9.17, 15) is 5.11 Å². The standard InChI is InChI=1S/C16H18ClN3O2/c17-14-4-2-13(3-5-14)10-16(12-21)11-20(8-9-22-16)15-18-6-1-7-19-15/h1-7,21H,8-12H2. The van der Waals surface area contributed by atoms with E-state index < -0.39 is 5.60 Å². The lowest BCUT2D eigenvalue weighted by Gasteiger charge is -2.41. The molecule has 1 atom stereocenters. The third kappa shape index (κ3) is 3.38. The molecule has 1 aromatic carbocycles. The Morgan fingerprint density at radius 1 is 1.23 bits per heavy atom. The molecule has 1 unspecified atom stereocenters. The van der Waals surface area contributed by atoms with E-state index in [-0.39, 0.29) is 6.61 Å². The Balaban J connectivity index is 1.78. The maximum Gasteiger partial charge on any atom is 0.225 e. The van der Waals surface area contributed by atoms with Gasteiger partial charge in [-0.15, -0.1) is 0 Å². The lowest BCUT2D eigenvalue weighted by Crippen LogP contribution is -2.55. The maximum absolute atomic E-state index is 9.90. The molecule has 1 aliphatic heterocycles. The van der Waals surface area contributed by atoms with Crippen LogP contribution in [0.3, 0.4) is 0 Å². The average Bonchev–Trinajstić information content (AvgIpc) is 2.58. The molecule has 1 aromatic heterocycles. The number of nitrogens with zero attached hydrogens (tertiary/aromatic N) is 3. The van der Waals surface area contributed by atoms with Crippen molar-refractivity contribution in [2.24, 2.45) is 0 Å². The number of hydrogen-bond donors (Lipinski definition) is 1. The Bertz CT molecular complexity index is 609. The Hall–Kier alpha value is -1.69. The van der Waals surface area contributed by atoms with Gasteiger partial charge >= 0.3 is 0 Å². The number of anilines is 1. The van der Waals surface area contributed by atoms with Crippen LogP contribution in [0, 0.1) is 0 Å². The van der Waals surface area contributed by atoms with Crippen molar-refractivity contribution in [3.63, 3.8) is 0 Å². The zero-order chi connectivity index (χ0) is 15.4. The summed E-state index contributed by atoms with van der Waals surface area (Å²) in [5.41, 5.74) is 0.430. The number of morpholine rings is 1. The van der Waals surface area contributed by atoms with Gasteiger partial charge in [-0.3, -0.25) is 0 Å². The lowest BCUT2D eigenvalue weighted by atomic mass is 9.93. The fraction of sp³-hybridized carbons (Fsp3) is 0.375. The van der Waals surface area contributed by atoms with E-state index in [0.29, 0.717) is 37.1 Å². The Kier molecular flexibility index (Phi) is 4.57. The van der Waals surface area contributed by atoms with Crippen molar-refractivity contribution in [2.75, 3.05) is 31.2 Å². The summed E-state index contributed by atoms with van der Waals surface area (Å²) in [4.78, 5) is 10.6. The molecular weight excluding hydrogens is 302 g/mol. The van der Waals surface area contributed by atoms with Crippen LogP contribution >= 0.6 is 11.6 Å². The minimum absolute atomic E-state index is 0.0566. The van der Waals surface area contributed by atoms with E-state index in [0.717, 1.165) is 5.56 Å². The molecule has 0 bridgehead atoms. The van der Waals surface area contributed by atoms with Gasteiger partial charge in [0.05, 0.1) is 19.8 Å². The highest BCUT2D eigenvalue weighted by atomic mass is 35.5. The first-order valence-corrected chi connectivity index (χ1v) is 7.60. The molecule has 0 amide bonds. The number of halogens is 1. The van der Waals surface area contributed by atoms with Crippen LogP contribution in [0.4, 0.5) is 5.95 Å². The predicted octanol–water partition coefficient (Wildman–Crippen LogP) is 1.94. The molecule has 2 aromatic rings. The van der Waals surface area contributed by atoms with Crippen molar-refractivity contribution >= 4 is 17.5 Å². The summed E-state index contributed by atoms with van der Waals surface area (Å²) < 4.78 is 5.92. The fourth-order valence-electron chi connectivity index (χ4n) is 2.70. The van der Waals surface area contributed by atoms with Crippen LogP contribution < -0.4 is 4.90 Å². The molecule has 3 rings (SSSR count). The average molecular weight is 320 g/mol. The molecule has 0 saturated carbocycles. The van der Waals surface area contributed by atoms with Gasteiger partial charge in [-0.1, -0.05) is 23.7 Å². The van der Waals surface area contributed by atoms with Crippen molar-refractivity contribution in [3.8, 4) is 0 Å². The van der Waals surface area contributed by atoms with E-state index in [4.69, 9.17) is 16.3 Å². The van der Waals surface area contributed by atoms with Gasteiger partial charge in [0.1, 0.15) is 5.60 Å². The highest BCUT2D eigenvalue weighted by Gasteiger charge is 2.37. The van der Waals surface area contributed by atoms with Crippen molar-refractivity contribution < 1.29 is 9.84 Å². The summed E-state index contributed by atoms with van der Waals surface area (Å²) in [5, 5.41) is 10.6. The molecule has 2 heterocycles. The van der Waals surface area contributed by atoms with Crippen LogP contribution in [0.5, 0.6) is 0 Å². The second kappa shape index (κ2) is 6.60. The molecule has 0 aliphatic carbocycles. The Morgan fingerprint density at radius 3 is 2.64 bits per heavy atom. The molecule has 1 fully saturated rings. The second-order valence-electron chi connectivity index (χ2n) is 5.46. The van der Waals surface area contributed by atoms with E-state index in [1.165, 1.54) is 0 Å². The first-order valence-electron chi connectivity index (χ1n) is 7.22. The molecule has 1 aliphatic rings. The summed E-state index contributed by atoms with van der Waals surface area (Å²) in [7, 11) is 0. The van der Waals surface area contributed by atoms with Gasteiger partial charge in [0, 0.05) is 30.4 Å². The van der Waals surface area contributed by atoms with Crippen LogP contribution in [0.15, 0.2) is 42.7 Å². The van der Waals surface area contributed by atoms with E-state index in [2.05, 4.69) is 14.9 Å². The Morgan fingerprint density at radius 2 is 1.95 bits per heavy atom. The SMILES string of the molecule is OCC1(Cc2ccc(Cl)cc2)CN(c2ncccn2)CCO1. The van der Waals surface area contributed by atoms with Crippen LogP contribution in [0.2, 0.25) is 5.02 Å². The van der Waals surface area contributed by atoms with E-state index >= 15 is 0 Å². The number of aromatic nitrogens is 2. The number of rotatable bonds is 4. The third-order valence-electron chi connectivity index (χ3n) is 3.81. The van der Waals surface area contributed by atoms with Crippen LogP contribution in [0.25, 0.3) is 0 Å². The molecule has 6 heteroatoms. The van der Waals surface area contributed by atoms with Gasteiger partial charge in [-0.05, 0) is 23.8 Å². The smallest absolute Gasteiger partial charge is 0.225 e. The summed E-state index contributed by atoms with van der Waals surface area (Å²) in [6.07, 6.45) is 4.05. The van der Waals surface area contributed by atoms with Crippen LogP contribution in [-0.4, -0.2) is 47.0 Å². The summed E-state index contributed by atoms with van der Waals surface area (Å²) in [6.45, 7) is 1.74. The number of hydrogen-bond acceptors (Lipinski definition) is 5. The van der Waals surface area contributed by atoms with E-state index in [1.807, 2.05) is 24.3 Å². The van der Waals surface area contributed by atoms with Gasteiger partial charge in [-0.25, -0.2) is 9.97 Å². The van der Waals surface area contributed by atoms with Crippen LogP contribution in [-0.2, 0) is 11.2 Å². The highest BCUT2D eigenvalue weighted by molar-refractivity contribution is 6.30. The monoisotopic (exact) mass is 319 g/mol. The minimum Gasteiger partial charge on any atom is -0.393 e. The van der Waals surface area contributed by atoms with E-state index in [1.54, 1.807) is 18.5 Å². The molecule has 1 N–H and O–H groups in total. The fourth-order valence-corrected chi connectivity index (χ4v) is 2.83. The van der Waals surface area contributed by atoms with Gasteiger partial charge < -0.3 is 14.7 Å². The first-order chi connectivity index (χ1) is 10.7. The number of aliphatic hydroxyl groups excluding tert-OH is 1. The topological polar surface area (TPSA) is 58.5 Å². The van der Waals surface area contributed by atoms with Crippen molar-refractivity contribution in [2.45, 2.75) is 12.0 Å². The summed E-state index contributed by atoms with van der Waals surface area (Å²) >= 11 is 5.92. The van der Waals surface area contributed by atoms with Crippen molar-refractivity contribution in [1.82, 2.24) is 9.97 Å². The summed E-state index contributed by atoms with van der Waals surface area (Å²) in [5.74, 6) is 0.666. The zero-order valence-electron chi connectivity index (χ0n) is 12.2. The molecule has 0 radical (unpaired) electrons. The number of aliphatic hydroxyl groups is 1. The zero-order valence-corrected chi connectivity index (χ0v) is 12.9. The largest absolute Gasteiger partial charge is 0.393 e. The molecule has 22 heavy (non-hydrogen) atoms. The molecule has 1 saturated heterocycles. The van der Waals surface area contributed by atoms with Gasteiger partial charge in [0.25, 0.3) is 0 Å². The van der Waals surface area contributed by atoms with Gasteiger partial charge in [-0.2, -0.15) is 0 Å². The predicted molar refractivity (Wildman–Crippen MR) is 85.2 cm³/mol. The quantitative estimate of drug-likeness (QED) is 0.933. The molecular formula is C16H18ClN3O2. The molecule has 0 spiro atoms. The molecule has 116 valence electrons. The lowest BCUT2D eigenvalue weighted by molar-refractivity contribution is -0.0871. The number of ether oxygens (including phenoxy) is 1. The minimum atomic E-state index is -0.648. The van der Waals surface area contributed by atoms with Gasteiger partial charge in [0.2, 0.25) is 5.95 Å². The van der Waals surface area contributed by atoms with Crippen LogP contribution in [0.1, 0.15) is 5.56 Å². The third-order valence-corrected chi connectivity index (χ3v) is 4.06. The normalized spacial score (nSPS) is 21.8.